The maximum absolute atomic E-state index is 9.01. The summed E-state index contributed by atoms with van der Waals surface area (Å²) in [6, 6.07) is 4.23. The summed E-state index contributed by atoms with van der Waals surface area (Å²) in [5.74, 6) is 0. The second-order valence-corrected chi connectivity index (χ2v) is 4.69. The van der Waals surface area contributed by atoms with Crippen LogP contribution in [-0.4, -0.2) is 24.8 Å². The zero-order valence-electron chi connectivity index (χ0n) is 9.00. The van der Waals surface area contributed by atoms with Gasteiger partial charge in [-0.3, -0.25) is 0 Å². The lowest BCUT2D eigenvalue weighted by Crippen LogP contribution is -3.08. The van der Waals surface area contributed by atoms with Crippen molar-refractivity contribution in [3.63, 3.8) is 0 Å². The molecule has 0 spiro atoms. The minimum atomic E-state index is 0.718. The highest BCUT2D eigenvalue weighted by molar-refractivity contribution is 7.98. The summed E-state index contributed by atoms with van der Waals surface area (Å²) in [5, 5.41) is 9.88. The van der Waals surface area contributed by atoms with Crippen LogP contribution in [0.4, 0.5) is 0 Å². The molecule has 1 N–H and O–H groups in total. The molecule has 1 unspecified atom stereocenters. The molecule has 0 amide bonds. The second kappa shape index (κ2) is 4.21. The number of hydrogen-bond acceptors (Lipinski definition) is 3. The van der Waals surface area contributed by atoms with Gasteiger partial charge in [0.25, 0.3) is 0 Å². The van der Waals surface area contributed by atoms with Crippen LogP contribution >= 0.6 is 11.8 Å². The van der Waals surface area contributed by atoms with Crippen molar-refractivity contribution >= 4 is 11.8 Å². The first kappa shape index (κ1) is 10.5. The van der Waals surface area contributed by atoms with E-state index in [2.05, 4.69) is 18.1 Å². The molecule has 0 saturated heterocycles. The third kappa shape index (κ3) is 1.99. The van der Waals surface area contributed by atoms with Crippen LogP contribution in [0.2, 0.25) is 0 Å². The molecule has 0 aliphatic carbocycles. The Labute approximate surface area is 94.1 Å². The Bertz CT molecular complexity index is 423. The molecule has 4 heteroatoms. The molecule has 1 aromatic heterocycles. The van der Waals surface area contributed by atoms with Gasteiger partial charge in [-0.05, 0) is 12.3 Å². The molecule has 1 atom stereocenters. The third-order valence-corrected chi connectivity index (χ3v) is 3.45. The van der Waals surface area contributed by atoms with Crippen LogP contribution in [0, 0.1) is 11.3 Å². The lowest BCUT2D eigenvalue weighted by Gasteiger charge is -2.22. The minimum absolute atomic E-state index is 0.718. The van der Waals surface area contributed by atoms with Crippen LogP contribution in [0.1, 0.15) is 16.8 Å². The topological polar surface area (TPSA) is 41.1 Å². The summed E-state index contributed by atoms with van der Waals surface area (Å²) in [6.07, 6.45) is 3.00. The molecule has 1 aromatic rings. The van der Waals surface area contributed by atoms with E-state index in [0.29, 0.717) is 0 Å². The fourth-order valence-electron chi connectivity index (χ4n) is 1.92. The zero-order valence-corrected chi connectivity index (χ0v) is 9.82. The van der Waals surface area contributed by atoms with E-state index in [4.69, 9.17) is 5.26 Å². The first-order valence-electron chi connectivity index (χ1n) is 5.02. The van der Waals surface area contributed by atoms with Crippen LogP contribution in [0.15, 0.2) is 11.1 Å². The van der Waals surface area contributed by atoms with Gasteiger partial charge in [0.2, 0.25) is 0 Å². The van der Waals surface area contributed by atoms with E-state index in [9.17, 15) is 0 Å². The number of aromatic nitrogens is 1. The number of nitriles is 1. The van der Waals surface area contributed by atoms with Crippen LogP contribution in [0.5, 0.6) is 0 Å². The number of nitrogens with one attached hydrogen (secondary N) is 1. The van der Waals surface area contributed by atoms with Crippen LogP contribution < -0.4 is 4.90 Å². The number of rotatable bonds is 1. The molecule has 3 nitrogen and oxygen atoms in total. The minimum Gasteiger partial charge on any atom is -0.333 e. The van der Waals surface area contributed by atoms with Gasteiger partial charge in [-0.1, -0.05) is 0 Å². The van der Waals surface area contributed by atoms with E-state index in [0.717, 1.165) is 30.1 Å². The predicted molar refractivity (Wildman–Crippen MR) is 59.9 cm³/mol. The van der Waals surface area contributed by atoms with Gasteiger partial charge in [0.15, 0.2) is 0 Å². The molecular weight excluding hydrogens is 206 g/mol. The second-order valence-electron chi connectivity index (χ2n) is 3.90. The smallest absolute Gasteiger partial charge is 0.114 e. The summed E-state index contributed by atoms with van der Waals surface area (Å²) in [7, 11) is 2.18. The first-order chi connectivity index (χ1) is 7.24. The fourth-order valence-corrected chi connectivity index (χ4v) is 2.45. The lowest BCUT2D eigenvalue weighted by molar-refractivity contribution is -0.895. The standard InChI is InChI=1S/C11H13N3S/c1-14-4-3-10-9(7-14)5-8(6-12)11(13-10)15-2/h5H,3-4,7H2,1-2H3/p+1. The summed E-state index contributed by atoms with van der Waals surface area (Å²) in [6.45, 7) is 2.13. The van der Waals surface area contributed by atoms with Gasteiger partial charge in [0.1, 0.15) is 17.6 Å². The Morgan fingerprint density at radius 3 is 3.07 bits per heavy atom. The first-order valence-corrected chi connectivity index (χ1v) is 6.25. The highest BCUT2D eigenvalue weighted by Gasteiger charge is 2.19. The average Bonchev–Trinajstić information content (AvgIpc) is 2.27. The molecule has 0 aromatic carbocycles. The van der Waals surface area contributed by atoms with Gasteiger partial charge in [0.05, 0.1) is 24.8 Å². The number of quaternary nitrogens is 1. The van der Waals surface area contributed by atoms with Gasteiger partial charge < -0.3 is 4.90 Å². The summed E-state index contributed by atoms with van der Waals surface area (Å²) in [4.78, 5) is 6.05. The van der Waals surface area contributed by atoms with Crippen LogP contribution in [0.3, 0.4) is 0 Å². The third-order valence-electron chi connectivity index (χ3n) is 2.75. The quantitative estimate of drug-likeness (QED) is 0.690. The Morgan fingerprint density at radius 1 is 1.60 bits per heavy atom. The van der Waals surface area contributed by atoms with Gasteiger partial charge in [-0.15, -0.1) is 11.8 Å². The molecule has 15 heavy (non-hydrogen) atoms. The fraction of sp³-hybridized carbons (Fsp3) is 0.455. The van der Waals surface area contributed by atoms with Crippen molar-refractivity contribution < 1.29 is 4.90 Å². The highest BCUT2D eigenvalue weighted by atomic mass is 32.2. The molecule has 2 rings (SSSR count). The Morgan fingerprint density at radius 2 is 2.40 bits per heavy atom. The van der Waals surface area contributed by atoms with Crippen molar-refractivity contribution in [2.75, 3.05) is 19.8 Å². The molecule has 0 radical (unpaired) electrons. The number of pyridine rings is 1. The summed E-state index contributed by atoms with van der Waals surface area (Å²) >= 11 is 1.55. The highest BCUT2D eigenvalue weighted by Crippen LogP contribution is 2.21. The molecule has 2 heterocycles. The molecule has 1 aliphatic heterocycles. The maximum atomic E-state index is 9.01. The van der Waals surface area contributed by atoms with E-state index < -0.39 is 0 Å². The van der Waals surface area contributed by atoms with Crippen LogP contribution in [-0.2, 0) is 13.0 Å². The van der Waals surface area contributed by atoms with Crippen molar-refractivity contribution in [2.24, 2.45) is 0 Å². The number of nitrogens with zero attached hydrogens (tertiary/aromatic N) is 2. The van der Waals surface area contributed by atoms with Crippen LogP contribution in [0.25, 0.3) is 0 Å². The lowest BCUT2D eigenvalue weighted by atomic mass is 10.0. The molecule has 0 saturated carbocycles. The normalized spacial score (nSPS) is 19.4. The Kier molecular flexibility index (Phi) is 2.94. The molecule has 78 valence electrons. The van der Waals surface area contributed by atoms with Crippen molar-refractivity contribution in [3.05, 3.63) is 22.9 Å². The van der Waals surface area contributed by atoms with E-state index >= 15 is 0 Å². The van der Waals surface area contributed by atoms with Gasteiger partial charge in [-0.25, -0.2) is 4.98 Å². The number of fused-ring (bicyclic) bond motifs is 1. The largest absolute Gasteiger partial charge is 0.333 e. The summed E-state index contributed by atoms with van der Waals surface area (Å²) < 4.78 is 0. The van der Waals surface area contributed by atoms with Crippen molar-refractivity contribution in [3.8, 4) is 6.07 Å². The number of hydrogen-bond donors (Lipinski definition) is 1. The number of thioether (sulfide) groups is 1. The SMILES string of the molecule is CSc1nc2c(cc1C#N)C[NH+](C)CC2. The van der Waals surface area contributed by atoms with E-state index in [1.54, 1.807) is 11.8 Å². The van der Waals surface area contributed by atoms with E-state index in [1.807, 2.05) is 12.3 Å². The molecular formula is C11H14N3S+. The molecule has 0 bridgehead atoms. The van der Waals surface area contributed by atoms with Gasteiger partial charge >= 0.3 is 0 Å². The van der Waals surface area contributed by atoms with Crippen molar-refractivity contribution in [2.45, 2.75) is 18.0 Å². The molecule has 0 fully saturated rings. The Hall–Kier alpha value is -1.05. The van der Waals surface area contributed by atoms with E-state index in [-0.39, 0.29) is 0 Å². The summed E-state index contributed by atoms with van der Waals surface area (Å²) in [5.41, 5.74) is 3.15. The number of likely N-dealkylation sites (N-methyl/N-ethyl adjacent to an activating group) is 1. The van der Waals surface area contributed by atoms with Gasteiger partial charge in [-0.2, -0.15) is 5.26 Å². The average molecular weight is 220 g/mol. The van der Waals surface area contributed by atoms with Gasteiger partial charge in [0, 0.05) is 12.0 Å². The van der Waals surface area contributed by atoms with Crippen molar-refractivity contribution in [1.29, 1.82) is 5.26 Å². The van der Waals surface area contributed by atoms with Crippen molar-refractivity contribution in [1.82, 2.24) is 4.98 Å². The Balaban J connectivity index is 2.46. The maximum Gasteiger partial charge on any atom is 0.114 e. The zero-order chi connectivity index (χ0) is 10.8. The monoisotopic (exact) mass is 220 g/mol. The van der Waals surface area contributed by atoms with E-state index in [1.165, 1.54) is 16.2 Å². The predicted octanol–water partition coefficient (Wildman–Crippen LogP) is 0.246. The molecule has 1 aliphatic rings.